The van der Waals surface area contributed by atoms with E-state index in [0.717, 1.165) is 0 Å². The highest BCUT2D eigenvalue weighted by molar-refractivity contribution is 5.96. The van der Waals surface area contributed by atoms with Gasteiger partial charge >= 0.3 is 5.97 Å². The van der Waals surface area contributed by atoms with Gasteiger partial charge in [0.2, 0.25) is 5.91 Å². The number of likely N-dealkylation sites (N-methyl/N-ethyl adjacent to an activating group) is 1. The lowest BCUT2D eigenvalue weighted by Gasteiger charge is -2.15. The molecule has 6 heteroatoms. The summed E-state index contributed by atoms with van der Waals surface area (Å²) >= 11 is 0. The van der Waals surface area contributed by atoms with Gasteiger partial charge in [0.25, 0.3) is 0 Å². The van der Waals surface area contributed by atoms with E-state index in [9.17, 15) is 9.59 Å². The van der Waals surface area contributed by atoms with Crippen molar-refractivity contribution in [3.05, 3.63) is 23.3 Å². The molecule has 1 saturated heterocycles. The number of hydrogen-bond donors (Lipinski definition) is 3. The van der Waals surface area contributed by atoms with Gasteiger partial charge in [0.1, 0.15) is 6.04 Å². The second-order valence-corrected chi connectivity index (χ2v) is 4.80. The maximum atomic E-state index is 11.8. The van der Waals surface area contributed by atoms with Crippen LogP contribution in [0.25, 0.3) is 0 Å². The van der Waals surface area contributed by atoms with Crippen LogP contribution in [0.1, 0.15) is 22.3 Å². The molecule has 1 amide bonds. The minimum absolute atomic E-state index is 0.0198. The van der Waals surface area contributed by atoms with Crippen LogP contribution in [-0.2, 0) is 4.79 Å². The second kappa shape index (κ2) is 4.79. The Morgan fingerprint density at radius 1 is 1.53 bits per heavy atom. The topological polar surface area (TPSA) is 95.7 Å². The van der Waals surface area contributed by atoms with Gasteiger partial charge in [0.05, 0.1) is 5.56 Å². The molecule has 1 fully saturated rings. The Kier molecular flexibility index (Phi) is 3.33. The van der Waals surface area contributed by atoms with E-state index in [4.69, 9.17) is 10.8 Å². The molecule has 1 unspecified atom stereocenters. The minimum Gasteiger partial charge on any atom is -0.478 e. The van der Waals surface area contributed by atoms with Gasteiger partial charge in [-0.05, 0) is 31.0 Å². The van der Waals surface area contributed by atoms with E-state index >= 15 is 0 Å². The highest BCUT2D eigenvalue weighted by Crippen LogP contribution is 2.24. The van der Waals surface area contributed by atoms with E-state index in [1.165, 1.54) is 6.07 Å². The van der Waals surface area contributed by atoms with Gasteiger partial charge in [-0.3, -0.25) is 4.79 Å². The number of aryl methyl sites for hydroxylation is 1. The molecule has 4 N–H and O–H groups in total. The lowest BCUT2D eigenvalue weighted by Crippen LogP contribution is -2.31. The summed E-state index contributed by atoms with van der Waals surface area (Å²) < 4.78 is 0. The summed E-state index contributed by atoms with van der Waals surface area (Å²) in [6.07, 6.45) is 0.709. The number of carboxylic acid groups (broad SMARTS) is 1. The van der Waals surface area contributed by atoms with Gasteiger partial charge in [0.15, 0.2) is 0 Å². The lowest BCUT2D eigenvalue weighted by molar-refractivity contribution is -0.127. The van der Waals surface area contributed by atoms with Crippen molar-refractivity contribution in [2.24, 2.45) is 0 Å². The van der Waals surface area contributed by atoms with Crippen molar-refractivity contribution in [2.45, 2.75) is 19.4 Å². The molecule has 0 aromatic heterocycles. The number of anilines is 2. The summed E-state index contributed by atoms with van der Waals surface area (Å²) in [5.74, 6) is -1.05. The SMILES string of the molecule is Cc1cc(NC2CCN(C)C2=O)cc(C(=O)O)c1N. The normalized spacial score (nSPS) is 18.7. The number of rotatable bonds is 3. The van der Waals surface area contributed by atoms with Crippen molar-refractivity contribution in [3.8, 4) is 0 Å². The van der Waals surface area contributed by atoms with Gasteiger partial charge in [-0.15, -0.1) is 0 Å². The fraction of sp³-hybridized carbons (Fsp3) is 0.385. The summed E-state index contributed by atoms with van der Waals surface area (Å²) in [5, 5.41) is 12.2. The standard InChI is InChI=1S/C13H17N3O3/c1-7-5-8(6-9(11(7)14)13(18)19)15-10-3-4-16(2)12(10)17/h5-6,10,15H,3-4,14H2,1-2H3,(H,18,19). The number of carbonyl (C=O) groups is 2. The van der Waals surface area contributed by atoms with Crippen LogP contribution >= 0.6 is 0 Å². The fourth-order valence-corrected chi connectivity index (χ4v) is 2.22. The molecule has 0 radical (unpaired) electrons. The third kappa shape index (κ3) is 2.47. The van der Waals surface area contributed by atoms with E-state index < -0.39 is 5.97 Å². The smallest absolute Gasteiger partial charge is 0.337 e. The summed E-state index contributed by atoms with van der Waals surface area (Å²) in [6, 6.07) is 2.93. The zero-order chi connectivity index (χ0) is 14.2. The number of aromatic carboxylic acids is 1. The molecule has 0 aliphatic carbocycles. The monoisotopic (exact) mass is 263 g/mol. The van der Waals surface area contributed by atoms with Crippen molar-refractivity contribution in [1.29, 1.82) is 0 Å². The van der Waals surface area contributed by atoms with Gasteiger partial charge in [-0.1, -0.05) is 0 Å². The van der Waals surface area contributed by atoms with Gasteiger partial charge in [0, 0.05) is 25.0 Å². The van der Waals surface area contributed by atoms with Crippen molar-refractivity contribution in [2.75, 3.05) is 24.6 Å². The summed E-state index contributed by atoms with van der Waals surface area (Å²) in [7, 11) is 1.75. The zero-order valence-corrected chi connectivity index (χ0v) is 10.9. The van der Waals surface area contributed by atoms with Crippen molar-refractivity contribution in [1.82, 2.24) is 4.90 Å². The highest BCUT2D eigenvalue weighted by Gasteiger charge is 2.29. The molecule has 6 nitrogen and oxygen atoms in total. The molecule has 0 bridgehead atoms. The van der Waals surface area contributed by atoms with E-state index in [2.05, 4.69) is 5.32 Å². The minimum atomic E-state index is -1.07. The van der Waals surface area contributed by atoms with Crippen LogP contribution in [0.3, 0.4) is 0 Å². The Labute approximate surface area is 111 Å². The summed E-state index contributed by atoms with van der Waals surface area (Å²) in [5.41, 5.74) is 7.33. The predicted octanol–water partition coefficient (Wildman–Crippen LogP) is 0.918. The summed E-state index contributed by atoms with van der Waals surface area (Å²) in [6.45, 7) is 2.45. The van der Waals surface area contributed by atoms with Gasteiger partial charge < -0.3 is 21.1 Å². The molecule has 1 heterocycles. The Morgan fingerprint density at radius 2 is 2.21 bits per heavy atom. The van der Waals surface area contributed by atoms with Crippen LogP contribution in [0.4, 0.5) is 11.4 Å². The van der Waals surface area contributed by atoms with Crippen LogP contribution in [0.5, 0.6) is 0 Å². The van der Waals surface area contributed by atoms with Crippen LogP contribution in [-0.4, -0.2) is 41.5 Å². The molecule has 1 aromatic carbocycles. The van der Waals surface area contributed by atoms with E-state index in [1.54, 1.807) is 24.9 Å². The molecule has 1 aromatic rings. The molecule has 2 rings (SSSR count). The van der Waals surface area contributed by atoms with Crippen LogP contribution in [0.2, 0.25) is 0 Å². The molecule has 1 atom stereocenters. The maximum Gasteiger partial charge on any atom is 0.337 e. The number of nitrogens with two attached hydrogens (primary N) is 1. The van der Waals surface area contributed by atoms with Crippen LogP contribution in [0, 0.1) is 6.92 Å². The molecule has 19 heavy (non-hydrogen) atoms. The molecule has 1 aliphatic heterocycles. The number of nitrogens with one attached hydrogen (secondary N) is 1. The number of amides is 1. The first kappa shape index (κ1) is 13.2. The molecular weight excluding hydrogens is 246 g/mol. The van der Waals surface area contributed by atoms with Gasteiger partial charge in [-0.2, -0.15) is 0 Å². The van der Waals surface area contributed by atoms with Crippen molar-refractivity contribution in [3.63, 3.8) is 0 Å². The number of nitrogens with zero attached hydrogens (tertiary/aromatic N) is 1. The number of hydrogen-bond acceptors (Lipinski definition) is 4. The maximum absolute atomic E-state index is 11.8. The third-order valence-electron chi connectivity index (χ3n) is 3.39. The molecule has 0 saturated carbocycles. The van der Waals surface area contributed by atoms with E-state index in [1.807, 2.05) is 0 Å². The quantitative estimate of drug-likeness (QED) is 0.705. The van der Waals surface area contributed by atoms with Crippen LogP contribution < -0.4 is 11.1 Å². The second-order valence-electron chi connectivity index (χ2n) is 4.80. The first-order valence-corrected chi connectivity index (χ1v) is 6.05. The van der Waals surface area contributed by atoms with Gasteiger partial charge in [-0.25, -0.2) is 4.79 Å². The van der Waals surface area contributed by atoms with Crippen molar-refractivity contribution >= 4 is 23.3 Å². The Hall–Kier alpha value is -2.24. The Morgan fingerprint density at radius 3 is 2.74 bits per heavy atom. The Balaban J connectivity index is 2.26. The number of carbonyl (C=O) groups excluding carboxylic acids is 1. The molecule has 0 spiro atoms. The summed E-state index contributed by atoms with van der Waals surface area (Å²) in [4.78, 5) is 24.6. The first-order valence-electron chi connectivity index (χ1n) is 6.05. The number of benzene rings is 1. The predicted molar refractivity (Wildman–Crippen MR) is 72.2 cm³/mol. The molecular formula is C13H17N3O3. The van der Waals surface area contributed by atoms with E-state index in [-0.39, 0.29) is 23.2 Å². The highest BCUT2D eigenvalue weighted by atomic mass is 16.4. The Bertz CT molecular complexity index is 542. The first-order chi connectivity index (χ1) is 8.90. The molecule has 1 aliphatic rings. The van der Waals surface area contributed by atoms with E-state index in [0.29, 0.717) is 24.2 Å². The number of nitrogen functional groups attached to an aromatic ring is 1. The zero-order valence-electron chi connectivity index (χ0n) is 10.9. The number of carboxylic acids is 1. The van der Waals surface area contributed by atoms with Crippen molar-refractivity contribution < 1.29 is 14.7 Å². The fourth-order valence-electron chi connectivity index (χ4n) is 2.22. The average Bonchev–Trinajstić information content (AvgIpc) is 2.65. The lowest BCUT2D eigenvalue weighted by atomic mass is 10.1. The largest absolute Gasteiger partial charge is 0.478 e. The van der Waals surface area contributed by atoms with Crippen LogP contribution in [0.15, 0.2) is 12.1 Å². The number of likely N-dealkylation sites (tertiary alicyclic amines) is 1. The third-order valence-corrected chi connectivity index (χ3v) is 3.39. The molecule has 102 valence electrons. The average molecular weight is 263 g/mol.